The van der Waals surface area contributed by atoms with Crippen molar-refractivity contribution in [1.82, 2.24) is 10.2 Å². The highest BCUT2D eigenvalue weighted by molar-refractivity contribution is 5.78. The topological polar surface area (TPSA) is 142 Å². The number of nitrogens with two attached hydrogens (primary N) is 1. The van der Waals surface area contributed by atoms with Crippen LogP contribution in [0.2, 0.25) is 0 Å². The van der Waals surface area contributed by atoms with Crippen molar-refractivity contribution in [2.45, 2.75) is 70.1 Å². The zero-order valence-electron chi connectivity index (χ0n) is 23.1. The maximum atomic E-state index is 15.2. The molecule has 4 atom stereocenters. The summed E-state index contributed by atoms with van der Waals surface area (Å²) in [5, 5.41) is 22.9. The summed E-state index contributed by atoms with van der Waals surface area (Å²) in [6.07, 6.45) is 1.51. The molecule has 2 aromatic carbocycles. The van der Waals surface area contributed by atoms with E-state index in [2.05, 4.69) is 5.32 Å². The molecule has 218 valence electrons. The Morgan fingerprint density at radius 1 is 1.18 bits per heavy atom. The zero-order valence-corrected chi connectivity index (χ0v) is 23.1. The molecule has 0 bridgehead atoms. The summed E-state index contributed by atoms with van der Waals surface area (Å²) in [4.78, 5) is 37.5. The second kappa shape index (κ2) is 14.8. The smallest absolute Gasteiger partial charge is 0.407 e. The number of amides is 2. The average Bonchev–Trinajstić information content (AvgIpc) is 2.97. The number of aryl methyl sites for hydroxylation is 1. The lowest BCUT2D eigenvalue weighted by Gasteiger charge is -2.36. The Labute approximate surface area is 234 Å². The van der Waals surface area contributed by atoms with Gasteiger partial charge in [0, 0.05) is 31.0 Å². The van der Waals surface area contributed by atoms with Crippen LogP contribution in [0, 0.1) is 11.7 Å². The highest BCUT2D eigenvalue weighted by Crippen LogP contribution is 2.35. The molecule has 0 aliphatic carbocycles. The minimum absolute atomic E-state index is 0.0307. The third-order valence-corrected chi connectivity index (χ3v) is 7.61. The lowest BCUT2D eigenvalue weighted by Crippen LogP contribution is -2.44. The summed E-state index contributed by atoms with van der Waals surface area (Å²) < 4.78 is 20.1. The molecule has 0 aromatic heterocycles. The summed E-state index contributed by atoms with van der Waals surface area (Å²) in [5.74, 6) is -1.92. The molecule has 0 spiro atoms. The number of aliphatic hydroxyl groups excluding tert-OH is 1. The maximum Gasteiger partial charge on any atom is 0.407 e. The molecule has 0 radical (unpaired) electrons. The number of nitrogens with zero attached hydrogens (tertiary/aromatic N) is 1. The summed E-state index contributed by atoms with van der Waals surface area (Å²) in [7, 11) is 1.26. The van der Waals surface area contributed by atoms with Crippen molar-refractivity contribution in [2.75, 3.05) is 20.2 Å². The van der Waals surface area contributed by atoms with Crippen LogP contribution < -0.4 is 11.1 Å². The molecule has 2 amide bonds. The Balaban J connectivity index is 1.74. The van der Waals surface area contributed by atoms with E-state index >= 15 is 4.39 Å². The van der Waals surface area contributed by atoms with Crippen LogP contribution in [-0.4, -0.2) is 65.4 Å². The molecule has 1 saturated heterocycles. The number of benzene rings is 2. The molecule has 10 heteroatoms. The first-order valence-electron chi connectivity index (χ1n) is 13.8. The molecule has 9 nitrogen and oxygen atoms in total. The number of aliphatic hydroxyl groups is 1. The number of carbonyl (C=O) groups is 3. The van der Waals surface area contributed by atoms with Gasteiger partial charge in [-0.1, -0.05) is 43.3 Å². The van der Waals surface area contributed by atoms with Crippen molar-refractivity contribution >= 4 is 18.0 Å². The van der Waals surface area contributed by atoms with Crippen LogP contribution in [0.25, 0.3) is 11.1 Å². The number of hydrogen-bond donors (Lipinski definition) is 4. The highest BCUT2D eigenvalue weighted by atomic mass is 19.1. The second-order valence-electron chi connectivity index (χ2n) is 10.3. The molecule has 1 heterocycles. The lowest BCUT2D eigenvalue weighted by molar-refractivity contribution is -0.139. The summed E-state index contributed by atoms with van der Waals surface area (Å²) in [6, 6.07) is 10.7. The van der Waals surface area contributed by atoms with Crippen LogP contribution in [0.5, 0.6) is 0 Å². The first kappa shape index (κ1) is 31.0. The van der Waals surface area contributed by atoms with Crippen molar-refractivity contribution < 1.29 is 33.7 Å². The number of piperidine rings is 1. The van der Waals surface area contributed by atoms with Gasteiger partial charge in [0.05, 0.1) is 19.3 Å². The van der Waals surface area contributed by atoms with Crippen LogP contribution in [-0.2, 0) is 20.7 Å². The van der Waals surface area contributed by atoms with Crippen LogP contribution >= 0.6 is 0 Å². The van der Waals surface area contributed by atoms with Crippen molar-refractivity contribution in [3.05, 3.63) is 59.4 Å². The third kappa shape index (κ3) is 8.25. The molecule has 3 rings (SSSR count). The molecule has 4 unspecified atom stereocenters. The molecule has 1 aliphatic heterocycles. The number of carboxylic acid groups (broad SMARTS) is 1. The van der Waals surface area contributed by atoms with Gasteiger partial charge in [-0.25, -0.2) is 9.18 Å². The Hall–Kier alpha value is -3.50. The zero-order chi connectivity index (χ0) is 29.2. The fraction of sp³-hybridized carbons (Fsp3) is 0.500. The summed E-state index contributed by atoms with van der Waals surface area (Å²) in [6.45, 7) is 2.92. The van der Waals surface area contributed by atoms with Crippen molar-refractivity contribution in [3.63, 3.8) is 0 Å². The largest absolute Gasteiger partial charge is 0.480 e. The van der Waals surface area contributed by atoms with Gasteiger partial charge in [0.1, 0.15) is 11.9 Å². The molecule has 5 N–H and O–H groups in total. The molecular formula is C30H40FN3O6. The van der Waals surface area contributed by atoms with E-state index in [-0.39, 0.29) is 24.7 Å². The number of alkyl carbamates (subject to hydrolysis) is 1. The molecule has 1 fully saturated rings. The van der Waals surface area contributed by atoms with E-state index in [1.165, 1.54) is 13.2 Å². The molecule has 40 heavy (non-hydrogen) atoms. The number of carboxylic acids is 1. The fourth-order valence-electron chi connectivity index (χ4n) is 5.27. The minimum Gasteiger partial charge on any atom is -0.480 e. The number of halogens is 1. The Bertz CT molecular complexity index is 1180. The molecule has 0 saturated carbocycles. The molecule has 1 aliphatic rings. The molecule has 2 aromatic rings. The van der Waals surface area contributed by atoms with Crippen molar-refractivity contribution in [2.24, 2.45) is 11.7 Å². The number of nitrogens with one attached hydrogen (secondary N) is 1. The van der Waals surface area contributed by atoms with Gasteiger partial charge < -0.3 is 30.9 Å². The maximum absolute atomic E-state index is 15.2. The van der Waals surface area contributed by atoms with Gasteiger partial charge in [-0.2, -0.15) is 0 Å². The number of rotatable bonds is 12. The normalized spacial score (nSPS) is 17.5. The van der Waals surface area contributed by atoms with Crippen LogP contribution in [0.4, 0.5) is 9.18 Å². The number of likely N-dealkylation sites (tertiary alicyclic amines) is 1. The van der Waals surface area contributed by atoms with E-state index in [1.807, 2.05) is 31.2 Å². The Kier molecular flexibility index (Phi) is 11.5. The minimum atomic E-state index is -1.14. The molecular weight excluding hydrogens is 517 g/mol. The summed E-state index contributed by atoms with van der Waals surface area (Å²) >= 11 is 0. The predicted octanol–water partition coefficient (Wildman–Crippen LogP) is 4.02. The van der Waals surface area contributed by atoms with Gasteiger partial charge in [-0.3, -0.25) is 9.59 Å². The van der Waals surface area contributed by atoms with Gasteiger partial charge in [0.25, 0.3) is 0 Å². The standard InChI is InChI=1S/C30H40FN3O6/c1-3-19-7-4-8-20(17-19)28-22(10-5-11-23(28)31)25(33-30(39)40-2)13-14-26(35)21-9-6-16-34(18-21)27(36)15-12-24(32)29(37)38/h4-5,7-8,10-11,17,21,24-26,35H,3,6,9,12-16,18,32H2,1-2H3,(H,33,39)(H,37,38). The highest BCUT2D eigenvalue weighted by Gasteiger charge is 2.30. The van der Waals surface area contributed by atoms with Gasteiger partial charge in [0.15, 0.2) is 0 Å². The number of carbonyl (C=O) groups excluding carboxylic acids is 2. The Morgan fingerprint density at radius 3 is 2.62 bits per heavy atom. The number of ether oxygens (including phenoxy) is 1. The van der Waals surface area contributed by atoms with E-state index in [1.54, 1.807) is 17.0 Å². The first-order valence-corrected chi connectivity index (χ1v) is 13.8. The third-order valence-electron chi connectivity index (χ3n) is 7.61. The van der Waals surface area contributed by atoms with Crippen molar-refractivity contribution in [3.8, 4) is 11.1 Å². The Morgan fingerprint density at radius 2 is 1.93 bits per heavy atom. The lowest BCUT2D eigenvalue weighted by atomic mass is 9.86. The monoisotopic (exact) mass is 557 g/mol. The number of hydrogen-bond acceptors (Lipinski definition) is 6. The van der Waals surface area contributed by atoms with Gasteiger partial charge in [-0.05, 0) is 61.3 Å². The summed E-state index contributed by atoms with van der Waals surface area (Å²) in [5.41, 5.74) is 8.26. The van der Waals surface area contributed by atoms with E-state index in [9.17, 15) is 19.5 Å². The van der Waals surface area contributed by atoms with Gasteiger partial charge >= 0.3 is 12.1 Å². The van der Waals surface area contributed by atoms with Gasteiger partial charge in [-0.15, -0.1) is 0 Å². The van der Waals surface area contributed by atoms with E-state index in [4.69, 9.17) is 15.6 Å². The van der Waals surface area contributed by atoms with E-state index in [0.717, 1.165) is 18.4 Å². The number of aliphatic carboxylic acids is 1. The predicted molar refractivity (Wildman–Crippen MR) is 149 cm³/mol. The fourth-order valence-corrected chi connectivity index (χ4v) is 5.27. The van der Waals surface area contributed by atoms with Crippen LogP contribution in [0.3, 0.4) is 0 Å². The van der Waals surface area contributed by atoms with E-state index in [0.29, 0.717) is 49.0 Å². The van der Waals surface area contributed by atoms with E-state index < -0.39 is 36.1 Å². The average molecular weight is 558 g/mol. The van der Waals surface area contributed by atoms with Gasteiger partial charge in [0.2, 0.25) is 5.91 Å². The second-order valence-corrected chi connectivity index (χ2v) is 10.3. The quantitative estimate of drug-likeness (QED) is 0.309. The van der Waals surface area contributed by atoms with Crippen LogP contribution in [0.1, 0.15) is 62.6 Å². The first-order chi connectivity index (χ1) is 19.1. The SMILES string of the molecule is CCc1cccc(-c2c(F)cccc2C(CCC(O)C2CCCN(C(=O)CCC(N)C(=O)O)C2)NC(=O)OC)c1. The van der Waals surface area contributed by atoms with Crippen molar-refractivity contribution in [1.29, 1.82) is 0 Å². The van der Waals surface area contributed by atoms with Crippen LogP contribution in [0.15, 0.2) is 42.5 Å². The number of methoxy groups -OCH3 is 1.